The first-order valence-electron chi connectivity index (χ1n) is 24.0. The Morgan fingerprint density at radius 2 is 1.19 bits per heavy atom. The van der Waals surface area contributed by atoms with Crippen molar-refractivity contribution in [2.45, 2.75) is 78.6 Å². The predicted octanol–water partition coefficient (Wildman–Crippen LogP) is 16.9. The number of fused-ring (bicyclic) bond motifs is 5. The van der Waals surface area contributed by atoms with Crippen molar-refractivity contribution in [1.82, 2.24) is 14.1 Å². The van der Waals surface area contributed by atoms with Crippen LogP contribution in [-0.2, 0) is 37.3 Å². The van der Waals surface area contributed by atoms with Gasteiger partial charge in [-0.2, -0.15) is 12.1 Å². The maximum Gasteiger partial charge on any atom is 2.00 e. The molecule has 0 aliphatic carbocycles. The number of aromatic nitrogens is 2. The average Bonchev–Trinajstić information content (AvgIpc) is 3.89. The van der Waals surface area contributed by atoms with Crippen molar-refractivity contribution < 1.29 is 25.8 Å². The van der Waals surface area contributed by atoms with Gasteiger partial charge in [0, 0.05) is 29.3 Å². The molecule has 0 unspecified atom stereocenters. The molecule has 0 fully saturated rings. The summed E-state index contributed by atoms with van der Waals surface area (Å²) in [5.74, 6) is 5.95. The van der Waals surface area contributed by atoms with Gasteiger partial charge in [0.1, 0.15) is 17.1 Å². The first-order chi connectivity index (χ1) is 33.1. The van der Waals surface area contributed by atoms with Crippen LogP contribution in [0.2, 0.25) is 0 Å². The van der Waals surface area contributed by atoms with Crippen molar-refractivity contribution in [1.29, 1.82) is 0 Å². The molecule has 0 saturated carbocycles. The molecule has 0 N–H and O–H groups in total. The molecule has 346 valence electrons. The molecule has 10 aromatic rings. The third-order valence-corrected chi connectivity index (χ3v) is 13.6. The predicted molar refractivity (Wildman–Crippen MR) is 289 cm³/mol. The zero-order valence-corrected chi connectivity index (χ0v) is 43.6. The zero-order valence-electron chi connectivity index (χ0n) is 41.3. The first kappa shape index (κ1) is 46.6. The van der Waals surface area contributed by atoms with E-state index in [9.17, 15) is 0 Å². The summed E-state index contributed by atoms with van der Waals surface area (Å²) >= 11 is 0. The summed E-state index contributed by atoms with van der Waals surface area (Å²) in [6.45, 7) is 20.5. The number of benzene rings is 8. The van der Waals surface area contributed by atoms with Crippen molar-refractivity contribution in [3.05, 3.63) is 216 Å². The summed E-state index contributed by atoms with van der Waals surface area (Å²) in [5, 5.41) is 4.63. The van der Waals surface area contributed by atoms with Crippen LogP contribution in [0.25, 0.3) is 66.2 Å². The Balaban J connectivity index is 0.00000567. The second kappa shape index (κ2) is 17.7. The van der Waals surface area contributed by atoms with Crippen LogP contribution >= 0.6 is 0 Å². The quantitative estimate of drug-likeness (QED) is 0.118. The van der Waals surface area contributed by atoms with E-state index in [4.69, 9.17) is 9.72 Å². The van der Waals surface area contributed by atoms with Gasteiger partial charge in [-0.15, -0.1) is 28.2 Å². The molecule has 4 nitrogen and oxygen atoms in total. The van der Waals surface area contributed by atoms with Gasteiger partial charge >= 0.3 is 21.1 Å². The fourth-order valence-electron chi connectivity index (χ4n) is 9.72. The third kappa shape index (κ3) is 8.55. The smallest absolute Gasteiger partial charge is 0.509 e. The Kier molecular flexibility index (Phi) is 11.8. The van der Waals surface area contributed by atoms with Crippen LogP contribution in [0, 0.1) is 12.1 Å². The van der Waals surface area contributed by atoms with Gasteiger partial charge in [-0.1, -0.05) is 183 Å². The Labute approximate surface area is 426 Å². The average molecular weight is 1090 g/mol. The number of ether oxygens (including phenoxy) is 1. The Hall–Kier alpha value is -7.09. The second-order valence-electron chi connectivity index (χ2n) is 21.5. The summed E-state index contributed by atoms with van der Waals surface area (Å²) in [4.78, 5) is 4.95. The van der Waals surface area contributed by atoms with E-state index in [0.29, 0.717) is 11.5 Å². The summed E-state index contributed by atoms with van der Waals surface area (Å²) < 4.78 is 11.2. The van der Waals surface area contributed by atoms with Gasteiger partial charge in [-0.3, -0.25) is 0 Å². The summed E-state index contributed by atoms with van der Waals surface area (Å²) in [5.41, 5.74) is 15.5. The van der Waals surface area contributed by atoms with Gasteiger partial charge in [-0.05, 0) is 107 Å². The van der Waals surface area contributed by atoms with Crippen LogP contribution in [-0.4, -0.2) is 15.4 Å². The van der Waals surface area contributed by atoms with Crippen molar-refractivity contribution in [3.8, 4) is 39.6 Å². The summed E-state index contributed by atoms with van der Waals surface area (Å²) in [6.07, 6.45) is 1.91. The zero-order chi connectivity index (χ0) is 47.8. The minimum absolute atomic E-state index is 0. The van der Waals surface area contributed by atoms with E-state index in [-0.39, 0.29) is 37.3 Å². The van der Waals surface area contributed by atoms with Crippen LogP contribution in [0.4, 0.5) is 11.4 Å². The van der Waals surface area contributed by atoms with Crippen molar-refractivity contribution in [2.24, 2.45) is 0 Å². The van der Waals surface area contributed by atoms with E-state index in [0.717, 1.165) is 66.8 Å². The number of rotatable bonds is 7. The number of hydrogen-bond acceptors (Lipinski definition) is 2. The second-order valence-corrected chi connectivity index (χ2v) is 21.5. The van der Waals surface area contributed by atoms with Gasteiger partial charge in [0.2, 0.25) is 5.69 Å². The molecule has 3 heterocycles. The van der Waals surface area contributed by atoms with E-state index in [1.165, 1.54) is 38.6 Å². The molecule has 0 atom stereocenters. The van der Waals surface area contributed by atoms with Crippen molar-refractivity contribution in [3.63, 3.8) is 0 Å². The van der Waals surface area contributed by atoms with Crippen molar-refractivity contribution in [2.75, 3.05) is 0 Å². The summed E-state index contributed by atoms with van der Waals surface area (Å²) in [7, 11) is 0. The van der Waals surface area contributed by atoms with E-state index in [1.807, 2.05) is 24.4 Å². The molecule has 1 aliphatic rings. The topological polar surface area (TPSA) is 30.1 Å². The molecule has 8 aromatic carbocycles. The molecule has 1 aliphatic heterocycles. The molecule has 2 aromatic heterocycles. The fraction of sp³-hybridized carbons (Fsp3) is 0.185. The van der Waals surface area contributed by atoms with E-state index in [2.05, 4.69) is 241 Å². The van der Waals surface area contributed by atoms with Crippen molar-refractivity contribution >= 4 is 55.4 Å². The third-order valence-electron chi connectivity index (χ3n) is 13.6. The van der Waals surface area contributed by atoms with E-state index in [1.54, 1.807) is 0 Å². The van der Waals surface area contributed by atoms with Crippen LogP contribution in [0.15, 0.2) is 176 Å². The van der Waals surface area contributed by atoms with E-state index >= 15 is 0 Å². The summed E-state index contributed by atoms with van der Waals surface area (Å²) in [6, 6.07) is 68.2. The van der Waals surface area contributed by atoms with Crippen LogP contribution in [0.1, 0.15) is 90.1 Å². The maximum atomic E-state index is 6.79. The molecule has 0 spiro atoms. The van der Waals surface area contributed by atoms with Crippen LogP contribution in [0.3, 0.4) is 0 Å². The Morgan fingerprint density at radius 1 is 0.514 bits per heavy atom. The molecule has 0 bridgehead atoms. The molecule has 0 radical (unpaired) electrons. The minimum Gasteiger partial charge on any atom is -0.509 e. The molecular formula is C65H56N3OPt+. The molecule has 0 amide bonds. The van der Waals surface area contributed by atoms with Gasteiger partial charge in [0.05, 0.1) is 5.56 Å². The van der Waals surface area contributed by atoms with Gasteiger partial charge in [-0.25, -0.2) is 4.98 Å². The number of hydrogen-bond donors (Lipinski definition) is 0. The van der Waals surface area contributed by atoms with Crippen LogP contribution < -0.4 is 9.31 Å². The van der Waals surface area contributed by atoms with Crippen LogP contribution in [0.5, 0.6) is 11.5 Å². The Bertz CT molecular complexity index is 3700. The molecule has 5 heteroatoms. The largest absolute Gasteiger partial charge is 2.00 e. The number of nitrogens with zero attached hydrogens (tertiary/aromatic N) is 3. The SMILES string of the molecule is CC(C)(C)c1cc(C2=C=[N+](c3[c-]c(Oc4[c-]c5c(cc4)c4cc(-c6ccccc6)ccc4n5-c4cc(C(C)(C)C)ccn4)ccc3)c3cccc(-c4cccc5ccccc45)c32)cc(C(C)(C)C)c1.[Pt+2]. The van der Waals surface area contributed by atoms with Gasteiger partial charge in [0.25, 0.3) is 0 Å². The maximum absolute atomic E-state index is 6.79. The van der Waals surface area contributed by atoms with Gasteiger partial charge < -0.3 is 9.30 Å². The molecule has 0 saturated heterocycles. The Morgan fingerprint density at radius 3 is 1.94 bits per heavy atom. The normalized spacial score (nSPS) is 12.8. The van der Waals surface area contributed by atoms with E-state index < -0.39 is 0 Å². The molecular weight excluding hydrogens is 1030 g/mol. The first-order valence-corrected chi connectivity index (χ1v) is 24.0. The number of pyridine rings is 1. The monoisotopic (exact) mass is 1090 g/mol. The molecule has 70 heavy (non-hydrogen) atoms. The fourth-order valence-corrected chi connectivity index (χ4v) is 9.72. The standard InChI is InChI=1S/C65H56N3O.Pt/c1-63(2,3)46-32-33-66-61(38-46)68-58-31-28-44(42-18-11-10-12-19-42)36-56(58)54-30-29-51(40-60(54)68)69-50-23-16-22-49(39-50)67-41-57(45-34-47(64(4,5)6)37-48(35-45)65(7,8)9)62-55(26-17-27-59(62)67)53-25-15-21-43-20-13-14-24-52(43)53;/h10-38H,1-9H3;/q-1;+2. The van der Waals surface area contributed by atoms with Gasteiger partial charge in [0.15, 0.2) is 5.87 Å². The minimum atomic E-state index is -0.0568. The molecule has 11 rings (SSSR count).